The Morgan fingerprint density at radius 3 is 2.78 bits per heavy atom. The van der Waals surface area contributed by atoms with Gasteiger partial charge in [-0.2, -0.15) is 0 Å². The maximum atomic E-state index is 10.4. The first kappa shape index (κ1) is 9.16. The second-order valence-electron chi connectivity index (χ2n) is 1.27. The number of carbonyl (C=O) groups excluding carboxylic acids is 1. The molecule has 0 aromatic heterocycles. The molecule has 0 heterocycles. The van der Waals surface area contributed by atoms with Gasteiger partial charge in [0.2, 0.25) is 0 Å². The van der Waals surface area contributed by atoms with Crippen molar-refractivity contribution in [2.75, 3.05) is 5.75 Å². The van der Waals surface area contributed by atoms with E-state index in [1.807, 2.05) is 0 Å². The van der Waals surface area contributed by atoms with E-state index in [0.29, 0.717) is 0 Å². The molecule has 0 aromatic carbocycles. The molecule has 0 unspecified atom stereocenters. The predicted molar refractivity (Wildman–Crippen MR) is 28.6 cm³/mol. The average Bonchev–Trinajstić information content (AvgIpc) is 1.87. The van der Waals surface area contributed by atoms with E-state index >= 15 is 0 Å². The second kappa shape index (κ2) is 4.99. The van der Waals surface area contributed by atoms with Gasteiger partial charge in [0.1, 0.15) is 0 Å². The number of hydrogen-bond donors (Lipinski definition) is 2. The maximum absolute atomic E-state index is 10.4. The molecule has 0 aliphatic rings. The van der Waals surface area contributed by atoms with Gasteiger partial charge in [0, 0.05) is 0 Å². The predicted octanol–water partition coefficient (Wildman–Crippen LogP) is -0.870. The Bertz CT molecular complexity index is 120. The van der Waals surface area contributed by atoms with Gasteiger partial charge in [0.25, 0.3) is 0 Å². The van der Waals surface area contributed by atoms with Crippen molar-refractivity contribution in [1.82, 2.24) is 0 Å². The van der Waals surface area contributed by atoms with E-state index < -0.39 is 28.6 Å². The summed E-state index contributed by atoms with van der Waals surface area (Å²) in [5.41, 5.74) is 5.13. The van der Waals surface area contributed by atoms with Gasteiger partial charge in [-0.1, -0.05) is 0 Å². The number of carbonyl (C=O) groups is 1. The van der Waals surface area contributed by atoms with Gasteiger partial charge in [-0.3, -0.25) is 0 Å². The SMILES string of the molecule is N[C@@H](CS)C(=O)[O][V]=[O]. The van der Waals surface area contributed by atoms with E-state index in [9.17, 15) is 8.47 Å². The van der Waals surface area contributed by atoms with Crippen LogP contribution >= 0.6 is 12.6 Å². The zero-order chi connectivity index (χ0) is 7.28. The zero-order valence-corrected chi connectivity index (χ0v) is 6.77. The molecule has 4 nitrogen and oxygen atoms in total. The molecule has 6 heteroatoms. The molecule has 0 aromatic rings. The first-order valence-corrected chi connectivity index (χ1v) is 3.89. The third kappa shape index (κ3) is 3.69. The fourth-order valence-electron chi connectivity index (χ4n) is 0.179. The van der Waals surface area contributed by atoms with E-state index in [4.69, 9.17) is 5.73 Å². The fourth-order valence-corrected chi connectivity index (χ4v) is 0.654. The monoisotopic (exact) mass is 187 g/mol. The van der Waals surface area contributed by atoms with Crippen LogP contribution in [0.1, 0.15) is 0 Å². The molecule has 9 heavy (non-hydrogen) atoms. The molecule has 0 aliphatic heterocycles. The summed E-state index contributed by atoms with van der Waals surface area (Å²) in [6.45, 7) is 0. The third-order valence-corrected chi connectivity index (χ3v) is 1.42. The van der Waals surface area contributed by atoms with Gasteiger partial charge in [0.05, 0.1) is 0 Å². The van der Waals surface area contributed by atoms with Gasteiger partial charge in [-0.15, -0.1) is 0 Å². The van der Waals surface area contributed by atoms with Crippen molar-refractivity contribution in [3.8, 4) is 0 Å². The Hall–Kier alpha value is 0.164. The molecule has 0 saturated heterocycles. The van der Waals surface area contributed by atoms with Crippen molar-refractivity contribution >= 4 is 18.6 Å². The van der Waals surface area contributed by atoms with E-state index in [1.165, 1.54) is 0 Å². The third-order valence-electron chi connectivity index (χ3n) is 0.627. The summed E-state index contributed by atoms with van der Waals surface area (Å²) in [6, 6.07) is -0.752. The van der Waals surface area contributed by atoms with Crippen LogP contribution in [0, 0.1) is 0 Å². The summed E-state index contributed by atoms with van der Waals surface area (Å²) in [7, 11) is 0. The van der Waals surface area contributed by atoms with Crippen LogP contribution in [0.2, 0.25) is 0 Å². The van der Waals surface area contributed by atoms with Gasteiger partial charge < -0.3 is 0 Å². The fraction of sp³-hybridized carbons (Fsp3) is 0.667. The number of thiol groups is 1. The molecule has 2 N–H and O–H groups in total. The van der Waals surface area contributed by atoms with Crippen molar-refractivity contribution in [1.29, 1.82) is 0 Å². The van der Waals surface area contributed by atoms with Gasteiger partial charge >= 0.3 is 64.8 Å². The molecular weight excluding hydrogens is 181 g/mol. The number of rotatable bonds is 3. The number of hydrogen-bond acceptors (Lipinski definition) is 5. The van der Waals surface area contributed by atoms with E-state index in [1.54, 1.807) is 0 Å². The van der Waals surface area contributed by atoms with Crippen LogP contribution in [0.15, 0.2) is 0 Å². The summed E-state index contributed by atoms with van der Waals surface area (Å²) in [5.74, 6) is -0.444. The summed E-state index contributed by atoms with van der Waals surface area (Å²) in [6.07, 6.45) is 0. The van der Waals surface area contributed by atoms with Crippen LogP contribution in [0.3, 0.4) is 0 Å². The minimum atomic E-state index is -1.57. The second-order valence-corrected chi connectivity index (χ2v) is 2.16. The Morgan fingerprint density at radius 1 is 1.89 bits per heavy atom. The summed E-state index contributed by atoms with van der Waals surface area (Å²) in [5, 5.41) is 0. The molecule has 0 aliphatic carbocycles. The van der Waals surface area contributed by atoms with E-state index in [-0.39, 0.29) is 5.75 Å². The normalized spacial score (nSPS) is 12.2. The topological polar surface area (TPSA) is 69.4 Å². The molecule has 0 saturated carbocycles. The van der Waals surface area contributed by atoms with Crippen LogP contribution < -0.4 is 5.73 Å². The Balaban J connectivity index is 3.58. The molecule has 1 atom stereocenters. The molecule has 0 spiro atoms. The Kier molecular flexibility index (Phi) is 5.08. The average molecular weight is 187 g/mol. The summed E-state index contributed by atoms with van der Waals surface area (Å²) >= 11 is 2.16. The van der Waals surface area contributed by atoms with Gasteiger partial charge in [0.15, 0.2) is 0 Å². The molecule has 0 rings (SSSR count). The molecule has 0 bridgehead atoms. The van der Waals surface area contributed by atoms with Crippen molar-refractivity contribution in [3.05, 3.63) is 0 Å². The Labute approximate surface area is 65.2 Å². The molecular formula is C3H6NO3SV. The quantitative estimate of drug-likeness (QED) is 0.563. The summed E-state index contributed by atoms with van der Waals surface area (Å²) < 4.78 is 13.9. The first-order chi connectivity index (χ1) is 4.22. The van der Waals surface area contributed by atoms with Crippen LogP contribution in [-0.2, 0) is 28.7 Å². The minimum absolute atomic E-state index is 0.208. The van der Waals surface area contributed by atoms with E-state index in [0.717, 1.165) is 0 Å². The van der Waals surface area contributed by atoms with Crippen LogP contribution in [0.5, 0.6) is 0 Å². The molecule has 0 amide bonds. The molecule has 0 radical (unpaired) electrons. The van der Waals surface area contributed by atoms with Crippen molar-refractivity contribution in [2.24, 2.45) is 5.73 Å². The van der Waals surface area contributed by atoms with Crippen molar-refractivity contribution < 1.29 is 28.7 Å². The van der Waals surface area contributed by atoms with Gasteiger partial charge in [-0.05, 0) is 0 Å². The van der Waals surface area contributed by atoms with Crippen LogP contribution in [-0.4, -0.2) is 17.8 Å². The van der Waals surface area contributed by atoms with Gasteiger partial charge in [-0.25, -0.2) is 0 Å². The molecule has 52 valence electrons. The van der Waals surface area contributed by atoms with Crippen LogP contribution in [0.25, 0.3) is 0 Å². The van der Waals surface area contributed by atoms with Crippen LogP contribution in [0.4, 0.5) is 0 Å². The Morgan fingerprint density at radius 2 is 2.44 bits per heavy atom. The zero-order valence-electron chi connectivity index (χ0n) is 4.48. The number of nitrogens with two attached hydrogens (primary N) is 1. The first-order valence-electron chi connectivity index (χ1n) is 2.12. The van der Waals surface area contributed by atoms with Crippen molar-refractivity contribution in [2.45, 2.75) is 6.04 Å². The van der Waals surface area contributed by atoms with E-state index in [2.05, 4.69) is 16.3 Å². The summed E-state index contributed by atoms with van der Waals surface area (Å²) in [4.78, 5) is 10.4. The standard InChI is InChI=1S/C3H7NO2S.O.V/c4-2(1-7)3(5)6;;/h2,7H,1,4H2,(H,5,6);;/q;;+1/p-1/t2-;;/m0../s1. The van der Waals surface area contributed by atoms with Crippen molar-refractivity contribution in [3.63, 3.8) is 0 Å². The molecule has 0 fully saturated rings.